The number of nitrogens with zero attached hydrogens (tertiary/aromatic N) is 2. The van der Waals surface area contributed by atoms with Crippen molar-refractivity contribution in [2.75, 3.05) is 66.7 Å². The van der Waals surface area contributed by atoms with Crippen LogP contribution < -0.4 is 14.8 Å². The quantitative estimate of drug-likeness (QED) is 0.151. The molecule has 7 nitrogen and oxygen atoms in total. The van der Waals surface area contributed by atoms with Crippen LogP contribution in [0.15, 0.2) is 60.8 Å². The molecule has 0 radical (unpaired) electrons. The summed E-state index contributed by atoms with van der Waals surface area (Å²) in [5.41, 5.74) is 3.28. The zero-order valence-electron chi connectivity index (χ0n) is 32.0. The van der Waals surface area contributed by atoms with E-state index in [-0.39, 0.29) is 13.1 Å². The number of likely N-dealkylation sites (tertiary alicyclic amines) is 2. The van der Waals surface area contributed by atoms with E-state index in [1.165, 1.54) is 12.5 Å². The van der Waals surface area contributed by atoms with Crippen LogP contribution in [-0.4, -0.2) is 99.7 Å². The van der Waals surface area contributed by atoms with Crippen LogP contribution in [0.25, 0.3) is 21.9 Å². The first-order valence-corrected chi connectivity index (χ1v) is 18.7. The zero-order chi connectivity index (χ0) is 38.8. The Hall–Kier alpha value is -3.83. The van der Waals surface area contributed by atoms with Crippen molar-refractivity contribution in [3.8, 4) is 22.6 Å². The Labute approximate surface area is 312 Å². The second-order valence-electron chi connectivity index (χ2n) is 14.4. The third kappa shape index (κ3) is 10.2. The largest absolute Gasteiger partial charge is 0.496 e. The van der Waals surface area contributed by atoms with Crippen molar-refractivity contribution in [3.63, 3.8) is 0 Å². The highest BCUT2D eigenvalue weighted by Gasteiger charge is 2.53. The van der Waals surface area contributed by atoms with Crippen molar-refractivity contribution < 1.29 is 36.9 Å². The molecule has 53 heavy (non-hydrogen) atoms. The molecule has 5 rings (SSSR count). The molecule has 0 aromatic heterocycles. The molecule has 2 fully saturated rings. The average Bonchev–Trinajstić information content (AvgIpc) is 3.13. The summed E-state index contributed by atoms with van der Waals surface area (Å²) in [5.74, 6) is -1.74. The lowest BCUT2D eigenvalue weighted by Crippen LogP contribution is -2.52. The Kier molecular flexibility index (Phi) is 15.0. The van der Waals surface area contributed by atoms with E-state index in [1.54, 1.807) is 14.2 Å². The van der Waals surface area contributed by atoms with E-state index < -0.39 is 23.5 Å². The van der Waals surface area contributed by atoms with E-state index in [2.05, 4.69) is 41.1 Å². The van der Waals surface area contributed by atoms with Crippen LogP contribution in [0.1, 0.15) is 69.9 Å². The van der Waals surface area contributed by atoms with Crippen LogP contribution in [0.2, 0.25) is 0 Å². The molecule has 0 saturated carbocycles. The number of benzene rings is 3. The number of methoxy groups -OCH3 is 2. The van der Waals surface area contributed by atoms with Crippen molar-refractivity contribution in [1.29, 1.82) is 0 Å². The topological polar surface area (TPSA) is 74.3 Å². The number of aryl methyl sites for hydroxylation is 1. The Morgan fingerprint density at radius 3 is 2.15 bits per heavy atom. The van der Waals surface area contributed by atoms with Gasteiger partial charge in [-0.2, -0.15) is 0 Å². The summed E-state index contributed by atoms with van der Waals surface area (Å²) in [6, 6.07) is 16.3. The highest BCUT2D eigenvalue weighted by atomic mass is 19.3. The molecule has 0 bridgehead atoms. The molecule has 2 aliphatic rings. The summed E-state index contributed by atoms with van der Waals surface area (Å²) in [6.45, 7) is 12.0. The first-order valence-electron chi connectivity index (χ1n) is 18.7. The maximum atomic E-state index is 14.0. The molecule has 1 atom stereocenters. The summed E-state index contributed by atoms with van der Waals surface area (Å²) >= 11 is 0. The number of rotatable bonds is 15. The molecular formula is C42H57F4N3O4. The minimum absolute atomic E-state index is 0.0921. The number of nitrogens with one attached hydrogen (secondary N) is 1. The van der Waals surface area contributed by atoms with Gasteiger partial charge in [0.25, 0.3) is 5.92 Å². The number of carboxylic acids is 1. The monoisotopic (exact) mass is 743 g/mol. The fraction of sp³-hybridized carbons (Fsp3) is 0.548. The van der Waals surface area contributed by atoms with E-state index in [0.717, 1.165) is 71.8 Å². The van der Waals surface area contributed by atoms with Crippen LogP contribution in [0.4, 0.5) is 17.6 Å². The molecule has 1 unspecified atom stereocenters. The SMILES string of the molecule is C=C(NCC)C1(C(C)(F)F)CCN(CC(C)F)CC1.COc1cc(C2CCN(CCF)CC2)cc(OC)c1-c1cccc2c(CCC(=O)O)cccc12. The van der Waals surface area contributed by atoms with Crippen LogP contribution in [0.3, 0.4) is 0 Å². The first-order chi connectivity index (χ1) is 25.3. The molecule has 2 N–H and O–H groups in total. The maximum absolute atomic E-state index is 14.0. The fourth-order valence-electron chi connectivity index (χ4n) is 7.96. The molecule has 2 heterocycles. The molecule has 3 aromatic carbocycles. The summed E-state index contributed by atoms with van der Waals surface area (Å²) in [6.07, 6.45) is 2.23. The lowest BCUT2D eigenvalue weighted by molar-refractivity contribution is -0.136. The normalized spacial score (nSPS) is 17.5. The number of carbonyl (C=O) groups is 1. The highest BCUT2D eigenvalue weighted by Crippen LogP contribution is 2.49. The van der Waals surface area contributed by atoms with Crippen molar-refractivity contribution in [1.82, 2.24) is 15.1 Å². The van der Waals surface area contributed by atoms with Gasteiger partial charge in [0.1, 0.15) is 24.3 Å². The predicted octanol–water partition coefficient (Wildman–Crippen LogP) is 8.90. The van der Waals surface area contributed by atoms with E-state index in [4.69, 9.17) is 14.6 Å². The maximum Gasteiger partial charge on any atom is 0.303 e. The van der Waals surface area contributed by atoms with E-state index in [9.17, 15) is 22.4 Å². The molecule has 11 heteroatoms. The molecule has 3 aromatic rings. The number of hydrogen-bond acceptors (Lipinski definition) is 6. The van der Waals surface area contributed by atoms with Gasteiger partial charge in [0.05, 0.1) is 25.2 Å². The predicted molar refractivity (Wildman–Crippen MR) is 205 cm³/mol. The van der Waals surface area contributed by atoms with Gasteiger partial charge in [-0.3, -0.25) is 4.79 Å². The Bertz CT molecular complexity index is 1640. The van der Waals surface area contributed by atoms with E-state index in [1.807, 2.05) is 36.1 Å². The number of piperidine rings is 2. The molecule has 2 saturated heterocycles. The van der Waals surface area contributed by atoms with Gasteiger partial charge in [0.2, 0.25) is 0 Å². The molecule has 2 aliphatic heterocycles. The molecular weight excluding hydrogens is 686 g/mol. The van der Waals surface area contributed by atoms with Gasteiger partial charge in [0, 0.05) is 38.7 Å². The van der Waals surface area contributed by atoms with Crippen molar-refractivity contribution in [2.45, 2.75) is 77.3 Å². The van der Waals surface area contributed by atoms with Crippen LogP contribution in [0.5, 0.6) is 11.5 Å². The summed E-state index contributed by atoms with van der Waals surface area (Å²) < 4.78 is 65.5. The van der Waals surface area contributed by atoms with Gasteiger partial charge < -0.3 is 29.7 Å². The number of hydrogen-bond donors (Lipinski definition) is 2. The highest BCUT2D eigenvalue weighted by molar-refractivity contribution is 6.01. The Morgan fingerprint density at radius 2 is 1.62 bits per heavy atom. The van der Waals surface area contributed by atoms with Gasteiger partial charge in [0.15, 0.2) is 0 Å². The number of fused-ring (bicyclic) bond motifs is 1. The summed E-state index contributed by atoms with van der Waals surface area (Å²) in [7, 11) is 3.35. The molecule has 0 spiro atoms. The number of alkyl halides is 4. The second kappa shape index (κ2) is 19.0. The van der Waals surface area contributed by atoms with Gasteiger partial charge >= 0.3 is 5.97 Å². The van der Waals surface area contributed by atoms with Crippen molar-refractivity contribution in [3.05, 3.63) is 71.9 Å². The summed E-state index contributed by atoms with van der Waals surface area (Å²) in [5, 5.41) is 14.2. The van der Waals surface area contributed by atoms with Gasteiger partial charge in [-0.25, -0.2) is 17.6 Å². The third-order valence-corrected chi connectivity index (χ3v) is 10.9. The first kappa shape index (κ1) is 41.9. The van der Waals surface area contributed by atoms with Gasteiger partial charge in [-0.1, -0.05) is 43.0 Å². The number of halogens is 4. The minimum Gasteiger partial charge on any atom is -0.496 e. The molecule has 0 aliphatic carbocycles. The summed E-state index contributed by atoms with van der Waals surface area (Å²) in [4.78, 5) is 15.2. The molecule has 0 amide bonds. The Morgan fingerprint density at radius 1 is 1.02 bits per heavy atom. The van der Waals surface area contributed by atoms with Crippen LogP contribution >= 0.6 is 0 Å². The lowest BCUT2D eigenvalue weighted by atomic mass is 9.71. The Balaban J connectivity index is 0.000000281. The number of aliphatic carboxylic acids is 1. The van der Waals surface area contributed by atoms with Crippen molar-refractivity contribution in [2.24, 2.45) is 5.41 Å². The third-order valence-electron chi connectivity index (χ3n) is 10.9. The molecule has 292 valence electrons. The lowest BCUT2D eigenvalue weighted by Gasteiger charge is -2.46. The van der Waals surface area contributed by atoms with Gasteiger partial charge in [-0.05, 0) is 118 Å². The van der Waals surface area contributed by atoms with Crippen LogP contribution in [0, 0.1) is 5.41 Å². The van der Waals surface area contributed by atoms with E-state index >= 15 is 0 Å². The standard InChI is InChI=1S/C28H32FNO4.C14H25F3N2/c1-33-25-17-21(19-11-14-30(15-12-19)16-13-29)18-26(34-2)28(25)24-8-4-6-22-20(9-10-27(31)32)5-3-7-23(22)24;1-5-18-12(3)14(13(4,16)17)6-8-19(9-7-14)10-11(2)15/h3-8,17-19H,9-16H2,1-2H3,(H,31,32);11,18H,3,5-10H2,1-2,4H3. The number of ether oxygens (including phenoxy) is 2. The second-order valence-corrected chi connectivity index (χ2v) is 14.4. The van der Waals surface area contributed by atoms with Crippen LogP contribution in [-0.2, 0) is 11.2 Å². The minimum atomic E-state index is -2.82. The fourth-order valence-corrected chi connectivity index (χ4v) is 7.96. The zero-order valence-corrected chi connectivity index (χ0v) is 32.0. The van der Waals surface area contributed by atoms with Crippen molar-refractivity contribution >= 4 is 16.7 Å². The number of carboxylic acid groups (broad SMARTS) is 1. The van der Waals surface area contributed by atoms with E-state index in [0.29, 0.717) is 63.6 Å². The number of allylic oxidation sites excluding steroid dienone is 1. The average molecular weight is 744 g/mol. The smallest absolute Gasteiger partial charge is 0.303 e. The van der Waals surface area contributed by atoms with Gasteiger partial charge in [-0.15, -0.1) is 0 Å².